The Morgan fingerprint density at radius 1 is 1.12 bits per heavy atom. The van der Waals surface area contributed by atoms with Gasteiger partial charge in [-0.25, -0.2) is 9.55 Å². The molecule has 5 aromatic rings. The van der Waals surface area contributed by atoms with Crippen molar-refractivity contribution in [2.24, 2.45) is 5.92 Å². The molecule has 0 amide bonds. The zero-order valence-electron chi connectivity index (χ0n) is 29.0. The lowest BCUT2D eigenvalue weighted by molar-refractivity contribution is -0.152. The number of ether oxygens (including phenoxy) is 3. The summed E-state index contributed by atoms with van der Waals surface area (Å²) in [5, 5.41) is 27.1. The Balaban J connectivity index is 1.28. The molecule has 6 rings (SSSR count). The predicted molar refractivity (Wildman–Crippen MR) is 195 cm³/mol. The van der Waals surface area contributed by atoms with Crippen LogP contribution in [0.2, 0.25) is 0 Å². The van der Waals surface area contributed by atoms with Gasteiger partial charge in [0.25, 0.3) is 0 Å². The third-order valence-electron chi connectivity index (χ3n) is 8.83. The van der Waals surface area contributed by atoms with Crippen LogP contribution >= 0.6 is 23.7 Å². The molecular weight excluding hydrogens is 759 g/mol. The Morgan fingerprint density at radius 2 is 1.83 bits per heavy atom. The Bertz CT molecular complexity index is 2110. The summed E-state index contributed by atoms with van der Waals surface area (Å²) in [7, 11) is -3.09. The summed E-state index contributed by atoms with van der Waals surface area (Å²) in [5.41, 5.74) is 5.16. The molecule has 1 saturated heterocycles. The number of nitrogen functional groups attached to an aromatic ring is 1. The van der Waals surface area contributed by atoms with Crippen LogP contribution in [0.1, 0.15) is 45.6 Å². The van der Waals surface area contributed by atoms with E-state index in [1.165, 1.54) is 24.9 Å². The monoisotopic (exact) mass is 798 g/mol. The highest BCUT2D eigenvalue weighted by molar-refractivity contribution is 9.10. The Kier molecular flexibility index (Phi) is 10.9. The van der Waals surface area contributed by atoms with Gasteiger partial charge in [0, 0.05) is 9.86 Å². The molecule has 52 heavy (non-hydrogen) atoms. The highest BCUT2D eigenvalue weighted by atomic mass is 79.9. The number of imidazole rings is 1. The van der Waals surface area contributed by atoms with Crippen LogP contribution in [0.3, 0.4) is 0 Å². The summed E-state index contributed by atoms with van der Waals surface area (Å²) in [6.07, 6.45) is -3.32. The molecule has 0 bridgehead atoms. The third kappa shape index (κ3) is 7.64. The second-order valence-corrected chi connectivity index (χ2v) is 15.6. The van der Waals surface area contributed by atoms with Crippen molar-refractivity contribution in [2.45, 2.75) is 63.9 Å². The normalized spacial score (nSPS) is 22.7. The molecule has 2 aromatic heterocycles. The zero-order chi connectivity index (χ0) is 37.4. The smallest absolute Gasteiger partial charge is 0.459 e. The number of nitrogens with one attached hydrogen (secondary N) is 1. The summed E-state index contributed by atoms with van der Waals surface area (Å²) in [6, 6.07) is 18.8. The van der Waals surface area contributed by atoms with Crippen molar-refractivity contribution in [1.29, 1.82) is 0 Å². The number of halogens is 1. The molecule has 15 nitrogen and oxygen atoms in total. The van der Waals surface area contributed by atoms with Crippen LogP contribution in [-0.4, -0.2) is 73.3 Å². The van der Waals surface area contributed by atoms with E-state index in [9.17, 15) is 19.6 Å². The molecule has 1 aliphatic rings. The minimum absolute atomic E-state index is 0.105. The van der Waals surface area contributed by atoms with E-state index in [0.29, 0.717) is 5.39 Å². The highest BCUT2D eigenvalue weighted by Gasteiger charge is 2.54. The lowest BCUT2D eigenvalue weighted by Crippen LogP contribution is -2.45. The van der Waals surface area contributed by atoms with Gasteiger partial charge in [0.15, 0.2) is 17.4 Å². The van der Waals surface area contributed by atoms with Gasteiger partial charge in [-0.05, 0) is 48.9 Å². The van der Waals surface area contributed by atoms with Gasteiger partial charge in [0.1, 0.15) is 35.7 Å². The molecule has 17 heteroatoms. The molecule has 0 spiro atoms. The van der Waals surface area contributed by atoms with Crippen molar-refractivity contribution >= 4 is 57.5 Å². The van der Waals surface area contributed by atoms with Crippen molar-refractivity contribution in [3.8, 4) is 11.6 Å². The molecule has 3 heterocycles. The van der Waals surface area contributed by atoms with Crippen LogP contribution < -0.4 is 20.1 Å². The predicted octanol–water partition coefficient (Wildman–Crippen LogP) is 5.46. The van der Waals surface area contributed by atoms with Gasteiger partial charge in [0.2, 0.25) is 11.8 Å². The van der Waals surface area contributed by atoms with Gasteiger partial charge < -0.3 is 34.7 Å². The van der Waals surface area contributed by atoms with Crippen LogP contribution in [0, 0.1) is 5.92 Å². The van der Waals surface area contributed by atoms with Gasteiger partial charge in [-0.15, -0.1) is 0 Å². The molecule has 1 aliphatic heterocycles. The van der Waals surface area contributed by atoms with Crippen molar-refractivity contribution < 1.29 is 42.8 Å². The number of hydrogen-bond acceptors (Lipinski definition) is 13. The summed E-state index contributed by atoms with van der Waals surface area (Å²) in [4.78, 5) is 26.2. The van der Waals surface area contributed by atoms with E-state index in [-0.39, 0.29) is 28.7 Å². The van der Waals surface area contributed by atoms with Crippen molar-refractivity contribution in [3.63, 3.8) is 0 Å². The molecule has 0 radical (unpaired) electrons. The SMILES string of the molecule is COc1nc(N)nc2c1ncn2[C@H]1O[C@H](COP(=O)(N[C@H](C(=O)OC(C)c2ccc(Br)cc2)C(C)C)Oc2cccc3ccccc23)[C@@H](O)[C@@]1(C)O. The van der Waals surface area contributed by atoms with Crippen LogP contribution in [0.15, 0.2) is 77.5 Å². The molecule has 3 aromatic carbocycles. The number of rotatable bonds is 13. The average Bonchev–Trinajstić information content (AvgIpc) is 3.62. The van der Waals surface area contributed by atoms with Crippen molar-refractivity contribution in [1.82, 2.24) is 24.6 Å². The number of esters is 1. The number of aliphatic hydroxyl groups is 2. The van der Waals surface area contributed by atoms with E-state index in [1.807, 2.05) is 48.5 Å². The zero-order valence-corrected chi connectivity index (χ0v) is 31.5. The van der Waals surface area contributed by atoms with Crippen LogP contribution in [0.5, 0.6) is 11.6 Å². The van der Waals surface area contributed by atoms with Crippen LogP contribution in [-0.2, 0) is 23.4 Å². The first-order chi connectivity index (χ1) is 24.7. The maximum atomic E-state index is 14.8. The number of aliphatic hydroxyl groups excluding tert-OH is 1. The minimum atomic E-state index is -4.49. The summed E-state index contributed by atoms with van der Waals surface area (Å²) < 4.78 is 46.5. The molecule has 5 N–H and O–H groups in total. The Hall–Kier alpha value is -4.15. The topological polar surface area (TPSA) is 202 Å². The third-order valence-corrected chi connectivity index (χ3v) is 10.9. The number of nitrogens with zero attached hydrogens (tertiary/aromatic N) is 4. The number of carbonyl (C=O) groups excluding carboxylic acids is 1. The standard InChI is InChI=1S/C35H40BrN6O9P/c1-19(2)27(32(44)49-20(3)21-13-15-23(36)16-14-21)41-52(46,51-25-12-8-10-22-9-6-7-11-24(22)25)48-17-26-29(43)35(4,45)33(50-26)42-18-38-28-30(42)39-34(37)40-31(28)47-5/h6-16,18-20,26-27,29,33,43,45H,17H2,1-5H3,(H,41,46)(H2,37,39,40)/t20?,26-,27+,29-,33+,35-,52?/m1/s1. The minimum Gasteiger partial charge on any atom is -0.479 e. The fraction of sp³-hybridized carbons (Fsp3) is 0.371. The molecule has 2 unspecified atom stereocenters. The van der Waals surface area contributed by atoms with Gasteiger partial charge in [-0.1, -0.05) is 78.3 Å². The van der Waals surface area contributed by atoms with Gasteiger partial charge >= 0.3 is 13.7 Å². The maximum absolute atomic E-state index is 14.8. The number of anilines is 1. The Labute approximate surface area is 308 Å². The van der Waals surface area contributed by atoms with Crippen LogP contribution in [0.25, 0.3) is 21.9 Å². The molecular formula is C35H40BrN6O9P. The van der Waals surface area contributed by atoms with Gasteiger partial charge in [-0.2, -0.15) is 15.1 Å². The largest absolute Gasteiger partial charge is 0.479 e. The quantitative estimate of drug-likeness (QED) is 0.0863. The molecule has 0 saturated carbocycles. The first-order valence-corrected chi connectivity index (χ1v) is 18.8. The number of benzene rings is 3. The second kappa shape index (κ2) is 15.1. The lowest BCUT2D eigenvalue weighted by Gasteiger charge is -2.29. The molecule has 7 atom stereocenters. The summed E-state index contributed by atoms with van der Waals surface area (Å²) >= 11 is 3.41. The van der Waals surface area contributed by atoms with E-state index < -0.39 is 62.4 Å². The Morgan fingerprint density at radius 3 is 2.54 bits per heavy atom. The van der Waals surface area contributed by atoms with E-state index in [2.05, 4.69) is 36.0 Å². The number of hydrogen-bond donors (Lipinski definition) is 4. The van der Waals surface area contributed by atoms with Gasteiger partial charge in [-0.3, -0.25) is 13.9 Å². The number of carbonyl (C=O) groups is 1. The summed E-state index contributed by atoms with van der Waals surface area (Å²) in [6.45, 7) is 6.10. The van der Waals surface area contributed by atoms with E-state index in [0.717, 1.165) is 15.4 Å². The van der Waals surface area contributed by atoms with E-state index in [1.54, 1.807) is 39.0 Å². The van der Waals surface area contributed by atoms with Crippen molar-refractivity contribution in [2.75, 3.05) is 19.5 Å². The first-order valence-electron chi connectivity index (χ1n) is 16.5. The molecule has 276 valence electrons. The number of fused-ring (bicyclic) bond motifs is 2. The molecule has 0 aliphatic carbocycles. The number of nitrogens with two attached hydrogens (primary N) is 1. The number of methoxy groups -OCH3 is 1. The highest BCUT2D eigenvalue weighted by Crippen LogP contribution is 2.49. The fourth-order valence-corrected chi connectivity index (χ4v) is 7.91. The maximum Gasteiger partial charge on any atom is 0.459 e. The lowest BCUT2D eigenvalue weighted by atomic mass is 9.96. The number of aromatic nitrogens is 4. The molecule has 1 fully saturated rings. The van der Waals surface area contributed by atoms with E-state index in [4.69, 9.17) is 29.0 Å². The van der Waals surface area contributed by atoms with E-state index >= 15 is 0 Å². The first kappa shape index (κ1) is 37.6. The summed E-state index contributed by atoms with van der Waals surface area (Å²) in [5.74, 6) is -0.883. The van der Waals surface area contributed by atoms with Crippen molar-refractivity contribution in [3.05, 3.63) is 83.1 Å². The van der Waals surface area contributed by atoms with Crippen LogP contribution in [0.4, 0.5) is 5.95 Å². The van der Waals surface area contributed by atoms with Gasteiger partial charge in [0.05, 0.1) is 20.0 Å². The fourth-order valence-electron chi connectivity index (χ4n) is 5.96. The average molecular weight is 800 g/mol. The second-order valence-electron chi connectivity index (χ2n) is 13.0.